The zero-order chi connectivity index (χ0) is 12.1. The highest BCUT2D eigenvalue weighted by molar-refractivity contribution is 5.25. The highest BCUT2D eigenvalue weighted by Gasteiger charge is 2.20. The summed E-state index contributed by atoms with van der Waals surface area (Å²) in [5.41, 5.74) is 2.63. The SMILES string of the molecule is CC(O)CCCNC1CCCc2cccnc21. The van der Waals surface area contributed by atoms with Crippen molar-refractivity contribution in [3.8, 4) is 0 Å². The summed E-state index contributed by atoms with van der Waals surface area (Å²) in [6.45, 7) is 2.81. The maximum Gasteiger partial charge on any atom is 0.0605 e. The van der Waals surface area contributed by atoms with E-state index in [1.54, 1.807) is 0 Å². The molecule has 1 aliphatic carbocycles. The van der Waals surface area contributed by atoms with Gasteiger partial charge in [0.1, 0.15) is 0 Å². The normalized spacial score (nSPS) is 20.9. The van der Waals surface area contributed by atoms with Crippen LogP contribution in [0.5, 0.6) is 0 Å². The summed E-state index contributed by atoms with van der Waals surface area (Å²) in [4.78, 5) is 4.50. The Labute approximate surface area is 103 Å². The molecule has 1 aromatic rings. The van der Waals surface area contributed by atoms with Crippen molar-refractivity contribution in [3.63, 3.8) is 0 Å². The quantitative estimate of drug-likeness (QED) is 0.768. The lowest BCUT2D eigenvalue weighted by Gasteiger charge is -2.25. The van der Waals surface area contributed by atoms with Gasteiger partial charge in [-0.2, -0.15) is 0 Å². The number of pyridine rings is 1. The van der Waals surface area contributed by atoms with Crippen molar-refractivity contribution in [2.45, 2.75) is 51.2 Å². The largest absolute Gasteiger partial charge is 0.393 e. The molecule has 0 spiro atoms. The lowest BCUT2D eigenvalue weighted by atomic mass is 9.92. The summed E-state index contributed by atoms with van der Waals surface area (Å²) < 4.78 is 0. The van der Waals surface area contributed by atoms with Crippen LogP contribution in [0.2, 0.25) is 0 Å². The zero-order valence-electron chi connectivity index (χ0n) is 10.5. The van der Waals surface area contributed by atoms with Gasteiger partial charge in [0.15, 0.2) is 0 Å². The Bertz CT molecular complexity index is 352. The van der Waals surface area contributed by atoms with Crippen LogP contribution in [0, 0.1) is 0 Å². The average molecular weight is 234 g/mol. The Morgan fingerprint density at radius 1 is 1.59 bits per heavy atom. The number of aromatic nitrogens is 1. The van der Waals surface area contributed by atoms with Crippen molar-refractivity contribution in [3.05, 3.63) is 29.6 Å². The molecule has 0 aliphatic heterocycles. The Kier molecular flexibility index (Phi) is 4.51. The van der Waals surface area contributed by atoms with Gasteiger partial charge in [0.25, 0.3) is 0 Å². The van der Waals surface area contributed by atoms with Crippen LogP contribution in [-0.2, 0) is 6.42 Å². The fourth-order valence-corrected chi connectivity index (χ4v) is 2.48. The number of aliphatic hydroxyl groups excluding tert-OH is 1. The summed E-state index contributed by atoms with van der Waals surface area (Å²) in [5, 5.41) is 12.8. The Hall–Kier alpha value is -0.930. The van der Waals surface area contributed by atoms with Crippen molar-refractivity contribution in [2.75, 3.05) is 6.54 Å². The second kappa shape index (κ2) is 6.12. The van der Waals surface area contributed by atoms with Crippen molar-refractivity contribution < 1.29 is 5.11 Å². The first kappa shape index (κ1) is 12.5. The van der Waals surface area contributed by atoms with Gasteiger partial charge in [-0.3, -0.25) is 4.98 Å². The maximum absolute atomic E-state index is 9.21. The number of aliphatic hydroxyl groups is 1. The number of rotatable bonds is 5. The molecule has 1 aromatic heterocycles. The first-order valence-corrected chi connectivity index (χ1v) is 6.62. The summed E-state index contributed by atoms with van der Waals surface area (Å²) in [6.07, 6.45) is 7.17. The first-order valence-electron chi connectivity index (χ1n) is 6.62. The van der Waals surface area contributed by atoms with Gasteiger partial charge in [0.2, 0.25) is 0 Å². The van der Waals surface area contributed by atoms with Gasteiger partial charge in [-0.15, -0.1) is 0 Å². The lowest BCUT2D eigenvalue weighted by molar-refractivity contribution is 0.180. The van der Waals surface area contributed by atoms with Crippen molar-refractivity contribution in [2.24, 2.45) is 0 Å². The summed E-state index contributed by atoms with van der Waals surface area (Å²) >= 11 is 0. The van der Waals surface area contributed by atoms with Gasteiger partial charge in [0.05, 0.1) is 11.8 Å². The highest BCUT2D eigenvalue weighted by Crippen LogP contribution is 2.27. The molecule has 1 aliphatic rings. The Morgan fingerprint density at radius 2 is 2.47 bits per heavy atom. The van der Waals surface area contributed by atoms with Crippen molar-refractivity contribution in [1.82, 2.24) is 10.3 Å². The summed E-state index contributed by atoms with van der Waals surface area (Å²) in [5.74, 6) is 0. The molecule has 3 heteroatoms. The van der Waals surface area contributed by atoms with Crippen LogP contribution in [0.1, 0.15) is 49.9 Å². The van der Waals surface area contributed by atoms with E-state index in [1.165, 1.54) is 24.1 Å². The number of hydrogen-bond acceptors (Lipinski definition) is 3. The van der Waals surface area contributed by atoms with E-state index < -0.39 is 0 Å². The van der Waals surface area contributed by atoms with E-state index in [1.807, 2.05) is 19.2 Å². The molecular weight excluding hydrogens is 212 g/mol. The molecule has 0 amide bonds. The van der Waals surface area contributed by atoms with Crippen LogP contribution in [0.3, 0.4) is 0 Å². The summed E-state index contributed by atoms with van der Waals surface area (Å²) in [6, 6.07) is 4.62. The van der Waals surface area contributed by atoms with Gasteiger partial charge in [-0.1, -0.05) is 6.07 Å². The number of fused-ring (bicyclic) bond motifs is 1. The van der Waals surface area contributed by atoms with Gasteiger partial charge in [-0.25, -0.2) is 0 Å². The standard InChI is InChI=1S/C14H22N2O/c1-11(17)5-3-9-15-13-8-2-6-12-7-4-10-16-14(12)13/h4,7,10-11,13,15,17H,2-3,5-6,8-9H2,1H3. The predicted octanol–water partition coefficient (Wildman–Crippen LogP) is 2.21. The topological polar surface area (TPSA) is 45.1 Å². The van der Waals surface area contributed by atoms with E-state index in [-0.39, 0.29) is 6.10 Å². The minimum Gasteiger partial charge on any atom is -0.393 e. The van der Waals surface area contributed by atoms with E-state index in [0.717, 1.165) is 25.8 Å². The van der Waals surface area contributed by atoms with E-state index in [0.29, 0.717) is 6.04 Å². The summed E-state index contributed by atoms with van der Waals surface area (Å²) in [7, 11) is 0. The molecule has 2 rings (SSSR count). The molecule has 94 valence electrons. The van der Waals surface area contributed by atoms with Gasteiger partial charge < -0.3 is 10.4 Å². The predicted molar refractivity (Wildman–Crippen MR) is 68.8 cm³/mol. The van der Waals surface area contributed by atoms with E-state index in [2.05, 4.69) is 16.4 Å². The molecule has 2 N–H and O–H groups in total. The molecule has 0 aromatic carbocycles. The zero-order valence-corrected chi connectivity index (χ0v) is 10.5. The number of aryl methyl sites for hydroxylation is 1. The number of hydrogen-bond donors (Lipinski definition) is 2. The highest BCUT2D eigenvalue weighted by atomic mass is 16.3. The molecular formula is C14H22N2O. The van der Waals surface area contributed by atoms with E-state index in [9.17, 15) is 5.11 Å². The minimum atomic E-state index is -0.187. The van der Waals surface area contributed by atoms with Crippen LogP contribution >= 0.6 is 0 Å². The van der Waals surface area contributed by atoms with Crippen LogP contribution in [-0.4, -0.2) is 22.7 Å². The monoisotopic (exact) mass is 234 g/mol. The van der Waals surface area contributed by atoms with Crippen LogP contribution in [0.25, 0.3) is 0 Å². The van der Waals surface area contributed by atoms with E-state index >= 15 is 0 Å². The molecule has 0 saturated heterocycles. The minimum absolute atomic E-state index is 0.187. The number of nitrogens with zero attached hydrogens (tertiary/aromatic N) is 1. The Balaban J connectivity index is 1.86. The smallest absolute Gasteiger partial charge is 0.0605 e. The molecule has 1 heterocycles. The van der Waals surface area contributed by atoms with Gasteiger partial charge in [-0.05, 0) is 57.2 Å². The van der Waals surface area contributed by atoms with E-state index in [4.69, 9.17) is 0 Å². The first-order chi connectivity index (χ1) is 8.27. The van der Waals surface area contributed by atoms with Crippen molar-refractivity contribution in [1.29, 1.82) is 0 Å². The van der Waals surface area contributed by atoms with Crippen LogP contribution in [0.15, 0.2) is 18.3 Å². The molecule has 17 heavy (non-hydrogen) atoms. The fraction of sp³-hybridized carbons (Fsp3) is 0.643. The van der Waals surface area contributed by atoms with Crippen LogP contribution in [0.4, 0.5) is 0 Å². The molecule has 0 radical (unpaired) electrons. The fourth-order valence-electron chi connectivity index (χ4n) is 2.48. The molecule has 0 saturated carbocycles. The molecule has 0 bridgehead atoms. The maximum atomic E-state index is 9.21. The van der Waals surface area contributed by atoms with Crippen molar-refractivity contribution >= 4 is 0 Å². The average Bonchev–Trinajstić information content (AvgIpc) is 2.34. The molecule has 2 atom stereocenters. The van der Waals surface area contributed by atoms with Crippen LogP contribution < -0.4 is 5.32 Å². The Morgan fingerprint density at radius 3 is 3.29 bits per heavy atom. The van der Waals surface area contributed by atoms with Gasteiger partial charge >= 0.3 is 0 Å². The third-order valence-corrected chi connectivity index (χ3v) is 3.38. The number of nitrogens with one attached hydrogen (secondary N) is 1. The molecule has 2 unspecified atom stereocenters. The second-order valence-corrected chi connectivity index (χ2v) is 4.94. The third kappa shape index (κ3) is 3.51. The second-order valence-electron chi connectivity index (χ2n) is 4.94. The third-order valence-electron chi connectivity index (χ3n) is 3.38. The molecule has 3 nitrogen and oxygen atoms in total. The lowest BCUT2D eigenvalue weighted by Crippen LogP contribution is -2.27. The molecule has 0 fully saturated rings. The van der Waals surface area contributed by atoms with Gasteiger partial charge in [0, 0.05) is 12.2 Å².